The molecule has 16 N–H and O–H groups in total. The first kappa shape index (κ1) is 61.5. The minimum Gasteiger partial charge on any atom is -0.508 e. The predicted octanol–water partition coefficient (Wildman–Crippen LogP) is -2.76. The van der Waals surface area contributed by atoms with Crippen molar-refractivity contribution < 1.29 is 68.1 Å². The smallest absolute Gasteiger partial charge is 0.248 e. The minimum atomic E-state index is -1.73. The summed E-state index contributed by atoms with van der Waals surface area (Å²) in [6, 6.07) is 1.77. The summed E-state index contributed by atoms with van der Waals surface area (Å²) in [4.78, 5) is 147. The molecule has 25 heteroatoms. The predicted molar refractivity (Wildman–Crippen MR) is 270 cm³/mol. The fourth-order valence-corrected chi connectivity index (χ4v) is 8.13. The number of benzene rings is 2. The van der Waals surface area contributed by atoms with Crippen LogP contribution >= 0.6 is 0 Å². The number of phenols is 2. The molecular formula is C50H73N11O14. The molecule has 0 spiro atoms. The van der Waals surface area contributed by atoms with E-state index in [1.807, 2.05) is 0 Å². The normalized spacial score (nSPS) is 16.7. The number of primary amides is 3. The molecule has 0 radical (unpaired) electrons. The largest absolute Gasteiger partial charge is 0.508 e. The number of nitrogens with zero attached hydrogens (tertiary/aromatic N) is 1. The van der Waals surface area contributed by atoms with Crippen molar-refractivity contribution >= 4 is 65.0 Å². The molecule has 25 nitrogen and oxygen atoms in total. The van der Waals surface area contributed by atoms with E-state index < -0.39 is 151 Å². The van der Waals surface area contributed by atoms with Crippen LogP contribution < -0.4 is 54.4 Å². The molecule has 10 atom stereocenters. The molecule has 1 aliphatic heterocycles. The number of hydrogen-bond donors (Lipinski definition) is 13. The molecule has 1 fully saturated rings. The standard InChI is InChI=1S/C50H73N11O14/c1-7-26(4)41(43(53)68)59-49(74)40(25(2)3)58-47(72)35(23-38(52)66)57-45(70)33(18-19-37(51)65)56-48(73)36-9-8-20-61(36)50(75)42(28(6)62)60-46(71)34(22-30-12-16-32(64)17-13-30)55-39(67)24-54-44(69)27(5)21-29-10-14-31(63)15-11-29/h10-17,25-28,33-36,40-42,62-64H,7-9,18-24H2,1-6H3,(H2,51,65)(H2,52,66)(H2,53,68)(H,54,69)(H,55,67)(H,56,73)(H,57,70)(H,58,72)(H,59,74)(H,60,71)/t26?,27-,28?,33-,34-,35-,36-,40-,41-,42-/m0/s1. The molecule has 2 aromatic carbocycles. The summed E-state index contributed by atoms with van der Waals surface area (Å²) in [6.45, 7) is 8.90. The molecule has 1 aliphatic rings. The van der Waals surface area contributed by atoms with Gasteiger partial charge in [-0.25, -0.2) is 0 Å². The van der Waals surface area contributed by atoms with E-state index in [1.54, 1.807) is 46.8 Å². The fourth-order valence-electron chi connectivity index (χ4n) is 8.13. The average Bonchev–Trinajstić information content (AvgIpc) is 3.85. The number of carbonyl (C=O) groups is 11. The monoisotopic (exact) mass is 1050 g/mol. The zero-order valence-electron chi connectivity index (χ0n) is 43.1. The van der Waals surface area contributed by atoms with Crippen LogP contribution in [0.3, 0.4) is 0 Å². The lowest BCUT2D eigenvalue weighted by molar-refractivity contribution is -0.144. The SMILES string of the molecule is CCC(C)[C@H](NC(=O)[C@@H](NC(=O)[C@H](CC(N)=O)NC(=O)[C@H](CCC(N)=O)NC(=O)[C@@H]1CCCN1C(=O)[C@@H](NC(=O)[C@H](Cc1ccc(O)cc1)NC(=O)CNC(=O)[C@@H](C)Cc1ccc(O)cc1)C(C)O)C(C)C)C(N)=O. The highest BCUT2D eigenvalue weighted by Crippen LogP contribution is 2.21. The van der Waals surface area contributed by atoms with E-state index in [1.165, 1.54) is 43.3 Å². The second-order valence-corrected chi connectivity index (χ2v) is 19.2. The number of aliphatic hydroxyl groups is 1. The van der Waals surface area contributed by atoms with E-state index in [-0.39, 0.29) is 43.2 Å². The Kier molecular flexibility index (Phi) is 23.9. The highest BCUT2D eigenvalue weighted by atomic mass is 16.3. The van der Waals surface area contributed by atoms with Crippen molar-refractivity contribution in [3.63, 3.8) is 0 Å². The topological polar surface area (TPSA) is 414 Å². The maximum Gasteiger partial charge on any atom is 0.248 e. The molecule has 1 saturated heterocycles. The van der Waals surface area contributed by atoms with Crippen LogP contribution in [0.2, 0.25) is 0 Å². The van der Waals surface area contributed by atoms with Crippen molar-refractivity contribution in [3.8, 4) is 11.5 Å². The first-order chi connectivity index (χ1) is 35.2. The molecule has 0 aliphatic carbocycles. The number of phenolic OH excluding ortho intramolecular Hbond substituents is 2. The third-order valence-corrected chi connectivity index (χ3v) is 12.7. The van der Waals surface area contributed by atoms with E-state index in [9.17, 15) is 68.1 Å². The highest BCUT2D eigenvalue weighted by Gasteiger charge is 2.42. The summed E-state index contributed by atoms with van der Waals surface area (Å²) in [6.07, 6.45) is -2.40. The Morgan fingerprint density at radius 1 is 0.627 bits per heavy atom. The van der Waals surface area contributed by atoms with E-state index in [4.69, 9.17) is 17.2 Å². The molecule has 0 aromatic heterocycles. The van der Waals surface area contributed by atoms with Crippen molar-refractivity contribution in [3.05, 3.63) is 59.7 Å². The van der Waals surface area contributed by atoms with Gasteiger partial charge in [0.15, 0.2) is 0 Å². The second kappa shape index (κ2) is 29.2. The molecule has 75 heavy (non-hydrogen) atoms. The molecule has 3 rings (SSSR count). The summed E-state index contributed by atoms with van der Waals surface area (Å²) in [5.74, 6) is -11.3. The van der Waals surface area contributed by atoms with E-state index in [0.717, 1.165) is 10.5 Å². The van der Waals surface area contributed by atoms with Crippen molar-refractivity contribution in [2.24, 2.45) is 35.0 Å². The number of nitrogens with two attached hydrogens (primary N) is 3. The third kappa shape index (κ3) is 19.5. The molecule has 1 heterocycles. The summed E-state index contributed by atoms with van der Waals surface area (Å²) in [5, 5.41) is 47.7. The Labute approximate surface area is 434 Å². The Bertz CT molecular complexity index is 2370. The third-order valence-electron chi connectivity index (χ3n) is 12.7. The fraction of sp³-hybridized carbons (Fsp3) is 0.540. The highest BCUT2D eigenvalue weighted by molar-refractivity contribution is 5.99. The lowest BCUT2D eigenvalue weighted by Gasteiger charge is -2.32. The number of aliphatic hydroxyl groups excluding tert-OH is 1. The number of amides is 11. The zero-order chi connectivity index (χ0) is 56.3. The molecule has 2 aromatic rings. The van der Waals surface area contributed by atoms with Gasteiger partial charge in [0, 0.05) is 25.3 Å². The van der Waals surface area contributed by atoms with Crippen LogP contribution in [-0.2, 0) is 65.6 Å². The van der Waals surface area contributed by atoms with Gasteiger partial charge in [0.25, 0.3) is 0 Å². The maximum absolute atomic E-state index is 14.3. The van der Waals surface area contributed by atoms with E-state index in [2.05, 4.69) is 37.2 Å². The number of hydrogen-bond acceptors (Lipinski definition) is 14. The van der Waals surface area contributed by atoms with Gasteiger partial charge in [-0.15, -0.1) is 0 Å². The number of likely N-dealkylation sites (tertiary alicyclic amines) is 1. The van der Waals surface area contributed by atoms with Gasteiger partial charge in [0.2, 0.25) is 65.0 Å². The Morgan fingerprint density at radius 2 is 1.16 bits per heavy atom. The number of aromatic hydroxyl groups is 2. The van der Waals surface area contributed by atoms with Gasteiger partial charge in [0.05, 0.1) is 19.1 Å². The van der Waals surface area contributed by atoms with Crippen molar-refractivity contribution in [1.29, 1.82) is 0 Å². The first-order valence-corrected chi connectivity index (χ1v) is 24.7. The number of carbonyl (C=O) groups excluding carboxylic acids is 11. The van der Waals surface area contributed by atoms with Crippen LogP contribution in [0.4, 0.5) is 0 Å². The Balaban J connectivity index is 1.80. The lowest BCUT2D eigenvalue weighted by Crippen LogP contribution is -2.62. The Morgan fingerprint density at radius 3 is 1.68 bits per heavy atom. The maximum atomic E-state index is 14.3. The van der Waals surface area contributed by atoms with Crippen LogP contribution in [0.25, 0.3) is 0 Å². The summed E-state index contributed by atoms with van der Waals surface area (Å²) >= 11 is 0. The van der Waals surface area contributed by atoms with E-state index >= 15 is 0 Å². The van der Waals surface area contributed by atoms with Gasteiger partial charge >= 0.3 is 0 Å². The van der Waals surface area contributed by atoms with Crippen LogP contribution in [0.1, 0.15) is 91.2 Å². The van der Waals surface area contributed by atoms with Gasteiger partial charge in [0.1, 0.15) is 53.8 Å². The van der Waals surface area contributed by atoms with Gasteiger partial charge in [-0.2, -0.15) is 0 Å². The number of nitrogens with one attached hydrogen (secondary N) is 7. The minimum absolute atomic E-state index is 0.0278. The van der Waals surface area contributed by atoms with Crippen LogP contribution in [0.15, 0.2) is 48.5 Å². The summed E-state index contributed by atoms with van der Waals surface area (Å²) < 4.78 is 0. The molecule has 0 saturated carbocycles. The Hall–Kier alpha value is -7.83. The molecule has 0 bridgehead atoms. The number of rotatable bonds is 29. The van der Waals surface area contributed by atoms with Crippen molar-refractivity contribution in [2.75, 3.05) is 13.1 Å². The zero-order valence-corrected chi connectivity index (χ0v) is 43.1. The van der Waals surface area contributed by atoms with Crippen LogP contribution in [-0.4, -0.2) is 147 Å². The molecule has 412 valence electrons. The molecular weight excluding hydrogens is 979 g/mol. The van der Waals surface area contributed by atoms with Gasteiger partial charge in [-0.1, -0.05) is 65.3 Å². The quantitative estimate of drug-likeness (QED) is 0.0393. The van der Waals surface area contributed by atoms with Gasteiger partial charge in [-0.3, -0.25) is 52.7 Å². The average molecular weight is 1050 g/mol. The van der Waals surface area contributed by atoms with Crippen molar-refractivity contribution in [2.45, 2.75) is 141 Å². The molecule has 11 amide bonds. The molecule has 2 unspecified atom stereocenters. The summed E-state index contributed by atoms with van der Waals surface area (Å²) in [7, 11) is 0. The van der Waals surface area contributed by atoms with Crippen LogP contribution in [0.5, 0.6) is 11.5 Å². The summed E-state index contributed by atoms with van der Waals surface area (Å²) in [5.41, 5.74) is 17.6. The second-order valence-electron chi connectivity index (χ2n) is 19.2. The van der Waals surface area contributed by atoms with Gasteiger partial charge in [-0.05, 0) is 79.8 Å². The van der Waals surface area contributed by atoms with Crippen LogP contribution in [0, 0.1) is 17.8 Å². The van der Waals surface area contributed by atoms with E-state index in [0.29, 0.717) is 18.4 Å². The lowest BCUT2D eigenvalue weighted by atomic mass is 9.96. The van der Waals surface area contributed by atoms with Crippen molar-refractivity contribution in [1.82, 2.24) is 42.1 Å². The van der Waals surface area contributed by atoms with Gasteiger partial charge < -0.3 is 74.6 Å². The first-order valence-electron chi connectivity index (χ1n) is 24.7.